The second-order valence-electron chi connectivity index (χ2n) is 3.86. The molecule has 0 aliphatic heterocycles. The zero-order chi connectivity index (χ0) is 13.7. The number of halogens is 3. The van der Waals surface area contributed by atoms with Crippen molar-refractivity contribution in [1.29, 1.82) is 0 Å². The molecule has 2 aromatic carbocycles. The van der Waals surface area contributed by atoms with Gasteiger partial charge in [-0.05, 0) is 30.3 Å². The normalized spacial score (nSPS) is 10.3. The van der Waals surface area contributed by atoms with Crippen molar-refractivity contribution in [2.45, 2.75) is 0 Å². The van der Waals surface area contributed by atoms with Crippen LogP contribution in [0.2, 0.25) is 10.0 Å². The van der Waals surface area contributed by atoms with Gasteiger partial charge in [-0.15, -0.1) is 0 Å². The van der Waals surface area contributed by atoms with E-state index in [0.717, 1.165) is 0 Å². The molecule has 0 aromatic heterocycles. The lowest BCUT2D eigenvalue weighted by Crippen LogP contribution is -2.11. The van der Waals surface area contributed by atoms with E-state index in [1.54, 1.807) is 30.3 Å². The predicted octanol–water partition coefficient (Wildman–Crippen LogP) is 4.62. The Morgan fingerprint density at radius 2 is 1.95 bits per heavy atom. The van der Waals surface area contributed by atoms with Gasteiger partial charge in [0.2, 0.25) is 0 Å². The monoisotopic (exact) mass is 299 g/mol. The van der Waals surface area contributed by atoms with Crippen molar-refractivity contribution in [2.75, 3.05) is 18.5 Å². The van der Waals surface area contributed by atoms with Crippen molar-refractivity contribution < 1.29 is 9.13 Å². The van der Waals surface area contributed by atoms with Gasteiger partial charge >= 0.3 is 0 Å². The van der Waals surface area contributed by atoms with Crippen LogP contribution in [0.1, 0.15) is 0 Å². The average molecular weight is 300 g/mol. The molecule has 0 aliphatic rings. The van der Waals surface area contributed by atoms with Gasteiger partial charge in [0.1, 0.15) is 18.2 Å². The maximum Gasteiger partial charge on any atom is 0.139 e. The molecule has 2 aromatic rings. The Morgan fingerprint density at radius 1 is 1.11 bits per heavy atom. The highest BCUT2D eigenvalue weighted by Gasteiger charge is 2.02. The van der Waals surface area contributed by atoms with Crippen molar-refractivity contribution >= 4 is 28.9 Å². The standard InChI is InChI=1S/C14H12Cl2FNO/c15-10-4-5-13(16)14(8-10)19-7-6-18-12-3-1-2-11(17)9-12/h1-5,8-9,18H,6-7H2. The van der Waals surface area contributed by atoms with Gasteiger partial charge in [-0.2, -0.15) is 0 Å². The summed E-state index contributed by atoms with van der Waals surface area (Å²) in [5.74, 6) is 0.263. The number of nitrogens with one attached hydrogen (secondary N) is 1. The molecular weight excluding hydrogens is 288 g/mol. The van der Waals surface area contributed by atoms with Gasteiger partial charge in [-0.3, -0.25) is 0 Å². The van der Waals surface area contributed by atoms with Gasteiger partial charge in [0.25, 0.3) is 0 Å². The third-order valence-corrected chi connectivity index (χ3v) is 2.95. The topological polar surface area (TPSA) is 21.3 Å². The highest BCUT2D eigenvalue weighted by molar-refractivity contribution is 6.34. The van der Waals surface area contributed by atoms with E-state index in [1.807, 2.05) is 0 Å². The smallest absolute Gasteiger partial charge is 0.139 e. The molecule has 100 valence electrons. The molecule has 0 amide bonds. The van der Waals surface area contributed by atoms with Gasteiger partial charge in [0.15, 0.2) is 0 Å². The molecule has 1 N–H and O–H groups in total. The van der Waals surface area contributed by atoms with E-state index >= 15 is 0 Å². The quantitative estimate of drug-likeness (QED) is 0.813. The molecule has 0 bridgehead atoms. The highest BCUT2D eigenvalue weighted by atomic mass is 35.5. The molecule has 2 nitrogen and oxygen atoms in total. The van der Waals surface area contributed by atoms with Crippen molar-refractivity contribution in [3.63, 3.8) is 0 Å². The van der Waals surface area contributed by atoms with Crippen molar-refractivity contribution in [2.24, 2.45) is 0 Å². The van der Waals surface area contributed by atoms with Gasteiger partial charge < -0.3 is 10.1 Å². The first kappa shape index (κ1) is 14.0. The number of benzene rings is 2. The molecule has 0 unspecified atom stereocenters. The van der Waals surface area contributed by atoms with Crippen LogP contribution in [0.3, 0.4) is 0 Å². The maximum absolute atomic E-state index is 12.9. The minimum absolute atomic E-state index is 0.274. The number of ether oxygens (including phenoxy) is 1. The Kier molecular flexibility index (Phi) is 4.88. The minimum atomic E-state index is -0.274. The predicted molar refractivity (Wildman–Crippen MR) is 76.8 cm³/mol. The Hall–Kier alpha value is -1.45. The van der Waals surface area contributed by atoms with Gasteiger partial charge in [-0.25, -0.2) is 4.39 Å². The van der Waals surface area contributed by atoms with E-state index in [9.17, 15) is 4.39 Å². The lowest BCUT2D eigenvalue weighted by Gasteiger charge is -2.10. The van der Waals surface area contributed by atoms with Gasteiger partial charge in [0.05, 0.1) is 5.02 Å². The first-order valence-electron chi connectivity index (χ1n) is 5.72. The second-order valence-corrected chi connectivity index (χ2v) is 4.70. The van der Waals surface area contributed by atoms with Crippen LogP contribution < -0.4 is 10.1 Å². The molecule has 0 atom stereocenters. The Balaban J connectivity index is 1.82. The molecule has 19 heavy (non-hydrogen) atoms. The first-order chi connectivity index (χ1) is 9.15. The van der Waals surface area contributed by atoms with Gasteiger partial charge in [0, 0.05) is 23.3 Å². The van der Waals surface area contributed by atoms with Crippen LogP contribution in [-0.4, -0.2) is 13.2 Å². The zero-order valence-electron chi connectivity index (χ0n) is 10.00. The van der Waals surface area contributed by atoms with Crippen molar-refractivity contribution in [1.82, 2.24) is 0 Å². The van der Waals surface area contributed by atoms with E-state index in [0.29, 0.717) is 34.6 Å². The first-order valence-corrected chi connectivity index (χ1v) is 6.48. The molecule has 0 radical (unpaired) electrons. The number of hydrogen-bond acceptors (Lipinski definition) is 2. The molecule has 0 saturated carbocycles. The summed E-state index contributed by atoms with van der Waals surface area (Å²) in [6.07, 6.45) is 0. The van der Waals surface area contributed by atoms with Crippen LogP contribution in [0.15, 0.2) is 42.5 Å². The molecule has 0 aliphatic carbocycles. The van der Waals surface area contributed by atoms with Crippen molar-refractivity contribution in [3.05, 3.63) is 58.3 Å². The number of anilines is 1. The molecule has 0 spiro atoms. The molecular formula is C14H12Cl2FNO. The molecule has 0 heterocycles. The number of hydrogen-bond donors (Lipinski definition) is 1. The van der Waals surface area contributed by atoms with Crippen LogP contribution in [0.25, 0.3) is 0 Å². The summed E-state index contributed by atoms with van der Waals surface area (Å²) in [7, 11) is 0. The van der Waals surface area contributed by atoms with Crippen LogP contribution in [-0.2, 0) is 0 Å². The van der Waals surface area contributed by atoms with E-state index in [1.165, 1.54) is 12.1 Å². The summed E-state index contributed by atoms with van der Waals surface area (Å²) in [4.78, 5) is 0. The largest absolute Gasteiger partial charge is 0.490 e. The molecule has 5 heteroatoms. The fourth-order valence-corrected chi connectivity index (χ4v) is 1.88. The van der Waals surface area contributed by atoms with Crippen LogP contribution in [0.4, 0.5) is 10.1 Å². The summed E-state index contributed by atoms with van der Waals surface area (Å²) in [5, 5.41) is 4.13. The lowest BCUT2D eigenvalue weighted by atomic mass is 10.3. The van der Waals surface area contributed by atoms with Crippen LogP contribution in [0.5, 0.6) is 5.75 Å². The fourth-order valence-electron chi connectivity index (χ4n) is 1.54. The Labute approximate surface area is 121 Å². The number of rotatable bonds is 5. The summed E-state index contributed by atoms with van der Waals surface area (Å²) in [6.45, 7) is 0.933. The van der Waals surface area contributed by atoms with Crippen LogP contribution in [0, 0.1) is 5.82 Å². The summed E-state index contributed by atoms with van der Waals surface area (Å²) < 4.78 is 18.4. The molecule has 2 rings (SSSR count). The minimum Gasteiger partial charge on any atom is -0.490 e. The van der Waals surface area contributed by atoms with Gasteiger partial charge in [-0.1, -0.05) is 29.3 Å². The third kappa shape index (κ3) is 4.30. The molecule has 0 fully saturated rings. The zero-order valence-corrected chi connectivity index (χ0v) is 11.5. The average Bonchev–Trinajstić information content (AvgIpc) is 2.39. The van der Waals surface area contributed by atoms with E-state index in [2.05, 4.69) is 5.32 Å². The van der Waals surface area contributed by atoms with Crippen molar-refractivity contribution in [3.8, 4) is 5.75 Å². The fraction of sp³-hybridized carbons (Fsp3) is 0.143. The summed E-state index contributed by atoms with van der Waals surface area (Å²) >= 11 is 11.8. The Morgan fingerprint density at radius 3 is 2.74 bits per heavy atom. The maximum atomic E-state index is 12.9. The third-order valence-electron chi connectivity index (χ3n) is 2.41. The summed E-state index contributed by atoms with van der Waals surface area (Å²) in [6, 6.07) is 11.3. The highest BCUT2D eigenvalue weighted by Crippen LogP contribution is 2.27. The van der Waals surface area contributed by atoms with E-state index in [4.69, 9.17) is 27.9 Å². The summed E-state index contributed by atoms with van der Waals surface area (Å²) in [5.41, 5.74) is 0.709. The van der Waals surface area contributed by atoms with E-state index < -0.39 is 0 Å². The molecule has 0 saturated heterocycles. The second kappa shape index (κ2) is 6.64. The van der Waals surface area contributed by atoms with Crippen LogP contribution >= 0.6 is 23.2 Å². The van der Waals surface area contributed by atoms with E-state index in [-0.39, 0.29) is 5.82 Å². The lowest BCUT2D eigenvalue weighted by molar-refractivity contribution is 0.333. The Bertz CT molecular complexity index is 563. The SMILES string of the molecule is Fc1cccc(NCCOc2cc(Cl)ccc2Cl)c1.